The van der Waals surface area contributed by atoms with Gasteiger partial charge in [-0.05, 0) is 0 Å². The highest BCUT2D eigenvalue weighted by molar-refractivity contribution is 7.14. The minimum Gasteiger partial charge on any atom is -0.316 e. The minimum absolute atomic E-state index is 0.108. The van der Waals surface area contributed by atoms with Crippen molar-refractivity contribution in [1.82, 2.24) is 4.98 Å². The van der Waals surface area contributed by atoms with Gasteiger partial charge in [0.2, 0.25) is 5.91 Å². The minimum atomic E-state index is 0.108. The molecule has 4 heteroatoms. The van der Waals surface area contributed by atoms with Crippen LogP contribution < -0.4 is 5.32 Å². The molecule has 0 saturated heterocycles. The van der Waals surface area contributed by atoms with Crippen molar-refractivity contribution in [3.8, 4) is 0 Å². The number of aryl methyl sites for hydroxylation is 1. The SMILES string of the molecule is O=C1CCc2ncsc2N1. The summed E-state index contributed by atoms with van der Waals surface area (Å²) >= 11 is 1.49. The molecule has 0 bridgehead atoms. The van der Waals surface area contributed by atoms with Crippen molar-refractivity contribution < 1.29 is 4.79 Å². The number of carbonyl (C=O) groups excluding carboxylic acids is 1. The molecule has 10 heavy (non-hydrogen) atoms. The third kappa shape index (κ3) is 0.806. The average molecular weight is 154 g/mol. The van der Waals surface area contributed by atoms with Crippen LogP contribution in [0, 0.1) is 0 Å². The van der Waals surface area contributed by atoms with E-state index in [0.717, 1.165) is 17.1 Å². The van der Waals surface area contributed by atoms with Gasteiger partial charge >= 0.3 is 0 Å². The number of anilines is 1. The smallest absolute Gasteiger partial charge is 0.225 e. The Morgan fingerprint density at radius 2 is 2.50 bits per heavy atom. The molecule has 1 aromatic heterocycles. The number of thiazole rings is 1. The number of hydrogen-bond acceptors (Lipinski definition) is 3. The summed E-state index contributed by atoms with van der Waals surface area (Å²) in [6, 6.07) is 0. The predicted molar refractivity (Wildman–Crippen MR) is 39.1 cm³/mol. The van der Waals surface area contributed by atoms with Crippen molar-refractivity contribution in [1.29, 1.82) is 0 Å². The van der Waals surface area contributed by atoms with Crippen molar-refractivity contribution in [2.45, 2.75) is 12.8 Å². The molecule has 2 heterocycles. The zero-order valence-electron chi connectivity index (χ0n) is 5.26. The molecule has 1 aromatic rings. The number of carbonyl (C=O) groups is 1. The van der Waals surface area contributed by atoms with Crippen LogP contribution in [0.5, 0.6) is 0 Å². The van der Waals surface area contributed by atoms with E-state index >= 15 is 0 Å². The van der Waals surface area contributed by atoms with Crippen molar-refractivity contribution in [2.24, 2.45) is 0 Å². The van der Waals surface area contributed by atoms with Gasteiger partial charge in [-0.25, -0.2) is 4.98 Å². The van der Waals surface area contributed by atoms with Gasteiger partial charge in [-0.15, -0.1) is 11.3 Å². The van der Waals surface area contributed by atoms with Crippen molar-refractivity contribution in [3.05, 3.63) is 11.2 Å². The summed E-state index contributed by atoms with van der Waals surface area (Å²) in [6.07, 6.45) is 1.38. The van der Waals surface area contributed by atoms with E-state index in [1.54, 1.807) is 5.51 Å². The maximum absolute atomic E-state index is 10.8. The molecule has 0 fully saturated rings. The monoisotopic (exact) mass is 154 g/mol. The Morgan fingerprint density at radius 1 is 1.60 bits per heavy atom. The topological polar surface area (TPSA) is 42.0 Å². The second-order valence-electron chi connectivity index (χ2n) is 2.18. The lowest BCUT2D eigenvalue weighted by Crippen LogP contribution is -2.17. The maximum atomic E-state index is 10.8. The first kappa shape index (κ1) is 5.85. The Labute approximate surface area is 62.1 Å². The quantitative estimate of drug-likeness (QED) is 0.606. The Hall–Kier alpha value is -0.900. The molecule has 0 aliphatic carbocycles. The third-order valence-corrected chi connectivity index (χ3v) is 2.27. The summed E-state index contributed by atoms with van der Waals surface area (Å²) in [6.45, 7) is 0. The van der Waals surface area contributed by atoms with Crippen LogP contribution in [-0.4, -0.2) is 10.9 Å². The average Bonchev–Trinajstić information content (AvgIpc) is 2.33. The van der Waals surface area contributed by atoms with Crippen LogP contribution in [0.2, 0.25) is 0 Å². The summed E-state index contributed by atoms with van der Waals surface area (Å²) < 4.78 is 0. The van der Waals surface area contributed by atoms with E-state index in [9.17, 15) is 4.79 Å². The molecule has 1 amide bonds. The van der Waals surface area contributed by atoms with Crippen LogP contribution in [0.3, 0.4) is 0 Å². The van der Waals surface area contributed by atoms with Gasteiger partial charge in [-0.1, -0.05) is 0 Å². The number of rotatable bonds is 0. The van der Waals surface area contributed by atoms with Gasteiger partial charge in [0.1, 0.15) is 5.00 Å². The highest BCUT2D eigenvalue weighted by Gasteiger charge is 2.15. The van der Waals surface area contributed by atoms with E-state index < -0.39 is 0 Å². The van der Waals surface area contributed by atoms with E-state index in [-0.39, 0.29) is 5.91 Å². The molecule has 3 nitrogen and oxygen atoms in total. The first-order valence-corrected chi connectivity index (χ1v) is 3.96. The van der Waals surface area contributed by atoms with Crippen LogP contribution in [0.1, 0.15) is 12.1 Å². The van der Waals surface area contributed by atoms with Gasteiger partial charge in [0.05, 0.1) is 11.2 Å². The highest BCUT2D eigenvalue weighted by atomic mass is 32.1. The van der Waals surface area contributed by atoms with Crippen molar-refractivity contribution in [3.63, 3.8) is 0 Å². The lowest BCUT2D eigenvalue weighted by molar-refractivity contribution is -0.116. The van der Waals surface area contributed by atoms with Crippen molar-refractivity contribution >= 4 is 22.2 Å². The second-order valence-corrected chi connectivity index (χ2v) is 3.03. The van der Waals surface area contributed by atoms with Crippen LogP contribution in [0.4, 0.5) is 5.00 Å². The number of fused-ring (bicyclic) bond motifs is 1. The molecule has 0 unspecified atom stereocenters. The Morgan fingerprint density at radius 3 is 3.40 bits per heavy atom. The van der Waals surface area contributed by atoms with Crippen LogP contribution in [0.15, 0.2) is 5.51 Å². The van der Waals surface area contributed by atoms with Crippen LogP contribution in [-0.2, 0) is 11.2 Å². The lowest BCUT2D eigenvalue weighted by atomic mass is 10.2. The molecule has 0 aromatic carbocycles. The molecule has 2 rings (SSSR count). The second kappa shape index (κ2) is 2.05. The standard InChI is InChI=1S/C6H6N2OS/c9-5-2-1-4-6(8-5)10-3-7-4/h3H,1-2H2,(H,8,9). The summed E-state index contributed by atoms with van der Waals surface area (Å²) in [5, 5.41) is 3.68. The first-order chi connectivity index (χ1) is 4.86. The summed E-state index contributed by atoms with van der Waals surface area (Å²) in [5.41, 5.74) is 2.79. The molecule has 0 atom stereocenters. The fourth-order valence-electron chi connectivity index (χ4n) is 0.970. The Balaban J connectivity index is 2.39. The summed E-state index contributed by atoms with van der Waals surface area (Å²) in [5.74, 6) is 0.108. The molecular weight excluding hydrogens is 148 g/mol. The number of nitrogens with zero attached hydrogens (tertiary/aromatic N) is 1. The van der Waals surface area contributed by atoms with E-state index in [4.69, 9.17) is 0 Å². The molecule has 52 valence electrons. The lowest BCUT2D eigenvalue weighted by Gasteiger charge is -2.09. The van der Waals surface area contributed by atoms with E-state index in [0.29, 0.717) is 6.42 Å². The van der Waals surface area contributed by atoms with Gasteiger partial charge in [-0.2, -0.15) is 0 Å². The van der Waals surface area contributed by atoms with E-state index in [1.807, 2.05) is 0 Å². The van der Waals surface area contributed by atoms with Gasteiger partial charge in [0.25, 0.3) is 0 Å². The summed E-state index contributed by atoms with van der Waals surface area (Å²) in [4.78, 5) is 14.9. The zero-order valence-corrected chi connectivity index (χ0v) is 6.07. The number of nitrogens with one attached hydrogen (secondary N) is 1. The molecule has 1 aliphatic heterocycles. The Kier molecular flexibility index (Phi) is 1.20. The summed E-state index contributed by atoms with van der Waals surface area (Å²) in [7, 11) is 0. The normalized spacial score (nSPS) is 16.2. The Bertz CT molecular complexity index is 268. The third-order valence-electron chi connectivity index (χ3n) is 1.48. The van der Waals surface area contributed by atoms with Gasteiger partial charge in [-0.3, -0.25) is 4.79 Å². The first-order valence-electron chi connectivity index (χ1n) is 3.08. The fraction of sp³-hybridized carbons (Fsp3) is 0.333. The van der Waals surface area contributed by atoms with Crippen LogP contribution in [0.25, 0.3) is 0 Å². The number of hydrogen-bond donors (Lipinski definition) is 1. The molecular formula is C6H6N2OS. The van der Waals surface area contributed by atoms with Crippen molar-refractivity contribution in [2.75, 3.05) is 5.32 Å². The van der Waals surface area contributed by atoms with Crippen LogP contribution >= 0.6 is 11.3 Å². The van der Waals surface area contributed by atoms with E-state index in [2.05, 4.69) is 10.3 Å². The molecule has 0 spiro atoms. The molecule has 0 radical (unpaired) electrons. The number of amides is 1. The molecule has 1 aliphatic rings. The maximum Gasteiger partial charge on any atom is 0.225 e. The van der Waals surface area contributed by atoms with Gasteiger partial charge in [0, 0.05) is 12.8 Å². The molecule has 0 saturated carbocycles. The zero-order chi connectivity index (χ0) is 6.97. The largest absolute Gasteiger partial charge is 0.316 e. The highest BCUT2D eigenvalue weighted by Crippen LogP contribution is 2.24. The van der Waals surface area contributed by atoms with E-state index in [1.165, 1.54) is 11.3 Å². The van der Waals surface area contributed by atoms with Gasteiger partial charge in [0.15, 0.2) is 0 Å². The predicted octanol–water partition coefficient (Wildman–Crippen LogP) is 1.03. The molecule has 1 N–H and O–H groups in total. The number of aromatic nitrogens is 1. The van der Waals surface area contributed by atoms with Gasteiger partial charge < -0.3 is 5.32 Å². The fourth-order valence-corrected chi connectivity index (χ4v) is 1.72.